The Bertz CT molecular complexity index is 1190. The Kier molecular flexibility index (Phi) is 5.90. The smallest absolute Gasteiger partial charge is 0.355 e. The van der Waals surface area contributed by atoms with Crippen LogP contribution in [0.25, 0.3) is 5.69 Å². The van der Waals surface area contributed by atoms with Gasteiger partial charge >= 0.3 is 5.97 Å². The quantitative estimate of drug-likeness (QED) is 0.236. The van der Waals surface area contributed by atoms with Crippen LogP contribution in [0.5, 0.6) is 5.88 Å². The van der Waals surface area contributed by atoms with Gasteiger partial charge in [-0.25, -0.2) is 9.48 Å². The van der Waals surface area contributed by atoms with Gasteiger partial charge in [-0.15, -0.1) is 11.3 Å². The number of rotatable bonds is 7. The van der Waals surface area contributed by atoms with E-state index >= 15 is 0 Å². The molecule has 2 heterocycles. The molecule has 0 amide bonds. The van der Waals surface area contributed by atoms with E-state index in [0.717, 1.165) is 5.56 Å². The highest BCUT2D eigenvalue weighted by Crippen LogP contribution is 2.37. The first-order valence-corrected chi connectivity index (χ1v) is 10.5. The molecule has 0 unspecified atom stereocenters. The Morgan fingerprint density at radius 1 is 1.10 bits per heavy atom. The number of ether oxygens (including phenoxy) is 1. The second-order valence-corrected chi connectivity index (χ2v) is 7.84. The molecule has 2 aromatic carbocycles. The fraction of sp³-hybridized carbons (Fsp3) is 0.130. The van der Waals surface area contributed by atoms with Gasteiger partial charge in [0.05, 0.1) is 22.9 Å². The monoisotopic (exact) mass is 433 g/mol. The summed E-state index contributed by atoms with van der Waals surface area (Å²) in [5.74, 6) is -0.959. The number of esters is 1. The largest absolute Gasteiger partial charge is 0.403 e. The van der Waals surface area contributed by atoms with Gasteiger partial charge in [0.25, 0.3) is 0 Å². The van der Waals surface area contributed by atoms with Crippen molar-refractivity contribution in [2.24, 2.45) is 0 Å². The Morgan fingerprint density at radius 2 is 1.77 bits per heavy atom. The van der Waals surface area contributed by atoms with E-state index in [1.807, 2.05) is 60.7 Å². The SMILES string of the molecule is Cc1nn(-c2ccccc2)c(OC(=O)c2cccs2)c1[C@@H](C[N+](=O)[O-])c1ccccc1. The second-order valence-electron chi connectivity index (χ2n) is 6.90. The molecular formula is C23H19N3O4S. The summed E-state index contributed by atoms with van der Waals surface area (Å²) in [7, 11) is 0. The van der Waals surface area contributed by atoms with Gasteiger partial charge in [-0.05, 0) is 36.1 Å². The van der Waals surface area contributed by atoms with E-state index in [0.29, 0.717) is 21.8 Å². The van der Waals surface area contributed by atoms with E-state index in [1.54, 1.807) is 24.4 Å². The molecule has 0 aliphatic carbocycles. The van der Waals surface area contributed by atoms with Crippen molar-refractivity contribution in [2.75, 3.05) is 6.54 Å². The number of benzene rings is 2. The first-order valence-electron chi connectivity index (χ1n) is 9.62. The molecule has 0 saturated heterocycles. The number of thiophene rings is 1. The maximum Gasteiger partial charge on any atom is 0.355 e. The van der Waals surface area contributed by atoms with Crippen LogP contribution in [0.2, 0.25) is 0 Å². The van der Waals surface area contributed by atoms with Crippen molar-refractivity contribution in [1.29, 1.82) is 0 Å². The van der Waals surface area contributed by atoms with Crippen LogP contribution in [0.3, 0.4) is 0 Å². The zero-order chi connectivity index (χ0) is 21.8. The normalized spacial score (nSPS) is 11.8. The zero-order valence-electron chi connectivity index (χ0n) is 16.7. The van der Waals surface area contributed by atoms with Gasteiger partial charge in [-0.1, -0.05) is 54.6 Å². The summed E-state index contributed by atoms with van der Waals surface area (Å²) in [5.41, 5.74) is 2.53. The molecule has 0 aliphatic rings. The fourth-order valence-electron chi connectivity index (χ4n) is 3.49. The molecule has 4 aromatic rings. The molecule has 0 saturated carbocycles. The lowest BCUT2D eigenvalue weighted by atomic mass is 9.91. The molecular weight excluding hydrogens is 414 g/mol. The van der Waals surface area contributed by atoms with Crippen molar-refractivity contribution in [2.45, 2.75) is 12.8 Å². The van der Waals surface area contributed by atoms with E-state index in [-0.39, 0.29) is 17.3 Å². The van der Waals surface area contributed by atoms with Crippen LogP contribution in [0, 0.1) is 17.0 Å². The molecule has 8 heteroatoms. The number of hydrogen-bond donors (Lipinski definition) is 0. The van der Waals surface area contributed by atoms with Crippen molar-refractivity contribution in [3.63, 3.8) is 0 Å². The lowest BCUT2D eigenvalue weighted by Crippen LogP contribution is -2.17. The Morgan fingerprint density at radius 3 is 2.39 bits per heavy atom. The van der Waals surface area contributed by atoms with Gasteiger partial charge in [0.1, 0.15) is 4.88 Å². The van der Waals surface area contributed by atoms with Gasteiger partial charge in [-0.3, -0.25) is 10.1 Å². The molecule has 0 bridgehead atoms. The number of nitrogens with zero attached hydrogens (tertiary/aromatic N) is 3. The van der Waals surface area contributed by atoms with Crippen LogP contribution in [0.1, 0.15) is 32.4 Å². The maximum atomic E-state index is 12.8. The standard InChI is InChI=1S/C23H19N3O4S/c1-16-21(19(15-25(28)29)17-9-4-2-5-10-17)22(30-23(27)20-13-8-14-31-20)26(24-16)18-11-6-3-7-12-18/h2-14,19H,15H2,1H3/t19-/m0/s1. The molecule has 2 aromatic heterocycles. The van der Waals surface area contributed by atoms with Crippen LogP contribution in [-0.2, 0) is 0 Å². The van der Waals surface area contributed by atoms with Crippen molar-refractivity contribution in [3.05, 3.63) is 110 Å². The Hall–Kier alpha value is -3.78. The van der Waals surface area contributed by atoms with Crippen molar-refractivity contribution >= 4 is 17.3 Å². The third-order valence-corrected chi connectivity index (χ3v) is 5.71. The minimum Gasteiger partial charge on any atom is -0.403 e. The third-order valence-electron chi connectivity index (χ3n) is 4.86. The summed E-state index contributed by atoms with van der Waals surface area (Å²) in [5, 5.41) is 17.9. The minimum absolute atomic E-state index is 0.192. The van der Waals surface area contributed by atoms with Gasteiger partial charge in [0.2, 0.25) is 12.4 Å². The number of aryl methyl sites for hydroxylation is 1. The number of carbonyl (C=O) groups excluding carboxylic acids is 1. The average molecular weight is 433 g/mol. The van der Waals surface area contributed by atoms with E-state index in [4.69, 9.17) is 4.74 Å². The van der Waals surface area contributed by atoms with Gasteiger partial charge in [0, 0.05) is 4.92 Å². The summed E-state index contributed by atoms with van der Waals surface area (Å²) >= 11 is 1.27. The van der Waals surface area contributed by atoms with Gasteiger partial charge in [0.15, 0.2) is 0 Å². The first-order chi connectivity index (χ1) is 15.0. The Labute approximate surface area is 182 Å². The summed E-state index contributed by atoms with van der Waals surface area (Å²) < 4.78 is 7.36. The van der Waals surface area contributed by atoms with Gasteiger partial charge in [-0.2, -0.15) is 5.10 Å². The predicted molar refractivity (Wildman–Crippen MR) is 118 cm³/mol. The topological polar surface area (TPSA) is 87.3 Å². The fourth-order valence-corrected chi connectivity index (χ4v) is 4.09. The van der Waals surface area contributed by atoms with Crippen LogP contribution >= 0.6 is 11.3 Å². The van der Waals surface area contributed by atoms with E-state index in [2.05, 4.69) is 5.10 Å². The molecule has 7 nitrogen and oxygen atoms in total. The molecule has 31 heavy (non-hydrogen) atoms. The van der Waals surface area contributed by atoms with E-state index in [1.165, 1.54) is 16.0 Å². The Balaban J connectivity index is 1.88. The first kappa shape index (κ1) is 20.5. The zero-order valence-corrected chi connectivity index (χ0v) is 17.5. The van der Waals surface area contributed by atoms with Crippen LogP contribution < -0.4 is 4.74 Å². The number of carbonyl (C=O) groups is 1. The molecule has 4 rings (SSSR count). The summed E-state index contributed by atoms with van der Waals surface area (Å²) in [6, 6.07) is 21.9. The van der Waals surface area contributed by atoms with Crippen LogP contribution in [0.4, 0.5) is 0 Å². The molecule has 0 spiro atoms. The second kappa shape index (κ2) is 8.93. The highest BCUT2D eigenvalue weighted by Gasteiger charge is 2.31. The average Bonchev–Trinajstić information content (AvgIpc) is 3.42. The summed E-state index contributed by atoms with van der Waals surface area (Å²) in [6.45, 7) is 1.42. The highest BCUT2D eigenvalue weighted by molar-refractivity contribution is 7.12. The number of aromatic nitrogens is 2. The maximum absolute atomic E-state index is 12.8. The molecule has 1 atom stereocenters. The predicted octanol–water partition coefficient (Wildman–Crippen LogP) is 4.87. The number of hydrogen-bond acceptors (Lipinski definition) is 6. The molecule has 0 N–H and O–H groups in total. The molecule has 0 radical (unpaired) electrons. The van der Waals surface area contributed by atoms with Crippen molar-refractivity contribution in [1.82, 2.24) is 9.78 Å². The van der Waals surface area contributed by atoms with Gasteiger partial charge < -0.3 is 4.74 Å². The van der Waals surface area contributed by atoms with Crippen LogP contribution in [-0.4, -0.2) is 27.2 Å². The summed E-state index contributed by atoms with van der Waals surface area (Å²) in [6.07, 6.45) is 0. The lowest BCUT2D eigenvalue weighted by Gasteiger charge is -2.16. The minimum atomic E-state index is -0.625. The van der Waals surface area contributed by atoms with Crippen molar-refractivity contribution < 1.29 is 14.5 Å². The summed E-state index contributed by atoms with van der Waals surface area (Å²) in [4.78, 5) is 24.4. The lowest BCUT2D eigenvalue weighted by molar-refractivity contribution is -0.481. The third kappa shape index (κ3) is 4.39. The molecule has 0 aliphatic heterocycles. The molecule has 0 fully saturated rings. The number of para-hydroxylation sites is 1. The molecule has 156 valence electrons. The van der Waals surface area contributed by atoms with Crippen molar-refractivity contribution in [3.8, 4) is 11.6 Å². The van der Waals surface area contributed by atoms with Crippen LogP contribution in [0.15, 0.2) is 78.2 Å². The number of nitro groups is 1. The van der Waals surface area contributed by atoms with E-state index in [9.17, 15) is 14.9 Å². The van der Waals surface area contributed by atoms with E-state index < -0.39 is 11.9 Å². The highest BCUT2D eigenvalue weighted by atomic mass is 32.1.